The van der Waals surface area contributed by atoms with Crippen LogP contribution in [0.15, 0.2) is 101 Å². The number of H-pyrrole nitrogens is 1. The van der Waals surface area contributed by atoms with Gasteiger partial charge in [-0.1, -0.05) is 158 Å². The summed E-state index contributed by atoms with van der Waals surface area (Å²) in [5.41, 5.74) is 0.0722. The molecule has 1 fully saturated rings. The zero-order chi connectivity index (χ0) is 53.0. The lowest BCUT2D eigenvalue weighted by Crippen LogP contribution is -2.44. The van der Waals surface area contributed by atoms with Crippen LogP contribution < -0.4 is 20.7 Å². The van der Waals surface area contributed by atoms with Gasteiger partial charge in [-0.3, -0.25) is 14.3 Å². The van der Waals surface area contributed by atoms with E-state index >= 15 is 0 Å². The van der Waals surface area contributed by atoms with Crippen molar-refractivity contribution < 1.29 is 37.5 Å². The van der Waals surface area contributed by atoms with Crippen LogP contribution in [0.4, 0.5) is 0 Å². The fraction of sp³-hybridized carbons (Fsp3) is 0.610. The molecule has 5 rings (SSSR count). The molecule has 74 heavy (non-hydrogen) atoms. The van der Waals surface area contributed by atoms with Gasteiger partial charge in [0.15, 0.2) is 6.23 Å². The Kier molecular flexibility index (Phi) is 27.4. The van der Waals surface area contributed by atoms with E-state index in [1.165, 1.54) is 107 Å². The molecule has 0 spiro atoms. The first-order valence-electron chi connectivity index (χ1n) is 27.5. The minimum Gasteiger partial charge on any atom is -0.497 e. The molecule has 0 aliphatic carbocycles. The van der Waals surface area contributed by atoms with E-state index in [1.807, 2.05) is 78.9 Å². The highest BCUT2D eigenvalue weighted by molar-refractivity contribution is 7.44. The molecule has 0 saturated carbocycles. The Labute approximate surface area is 443 Å². The van der Waals surface area contributed by atoms with Crippen molar-refractivity contribution in [1.82, 2.24) is 14.2 Å². The largest absolute Gasteiger partial charge is 0.497 e. The van der Waals surface area contributed by atoms with Gasteiger partial charge < -0.3 is 37.5 Å². The minimum absolute atomic E-state index is 0.00832. The number of hydrogen-bond acceptors (Lipinski definition) is 12. The van der Waals surface area contributed by atoms with Crippen LogP contribution in [0, 0.1) is 11.3 Å². The van der Waals surface area contributed by atoms with Crippen LogP contribution in [-0.4, -0.2) is 91.9 Å². The van der Waals surface area contributed by atoms with Gasteiger partial charge in [0.2, 0.25) is 0 Å². The summed E-state index contributed by atoms with van der Waals surface area (Å²) >= 11 is 0. The van der Waals surface area contributed by atoms with Crippen LogP contribution in [0.5, 0.6) is 11.5 Å². The summed E-state index contributed by atoms with van der Waals surface area (Å²) in [6.07, 6.45) is 18.7. The number of nitriles is 1. The number of hydrogen-bond donors (Lipinski definition) is 1. The van der Waals surface area contributed by atoms with Gasteiger partial charge in [0.1, 0.15) is 35.4 Å². The van der Waals surface area contributed by atoms with Gasteiger partial charge in [0.05, 0.1) is 53.1 Å². The first kappa shape index (κ1) is 60.4. The summed E-state index contributed by atoms with van der Waals surface area (Å²) in [6.45, 7) is 11.7. The Morgan fingerprint density at radius 2 is 1.20 bits per heavy atom. The van der Waals surface area contributed by atoms with Crippen LogP contribution in [0.25, 0.3) is 0 Å². The van der Waals surface area contributed by atoms with Crippen LogP contribution in [0.3, 0.4) is 0 Å². The van der Waals surface area contributed by atoms with Gasteiger partial charge in [0, 0.05) is 31.0 Å². The van der Waals surface area contributed by atoms with Crippen LogP contribution in [0.2, 0.25) is 0 Å². The van der Waals surface area contributed by atoms with E-state index in [0.29, 0.717) is 24.7 Å². The summed E-state index contributed by atoms with van der Waals surface area (Å²) in [4.78, 5) is 28.5. The molecule has 2 heterocycles. The van der Waals surface area contributed by atoms with E-state index in [4.69, 9.17) is 37.5 Å². The van der Waals surface area contributed by atoms with Crippen molar-refractivity contribution in [3.05, 3.63) is 129 Å². The standard InChI is InChI=1S/C59H87N4O10P/c1-8-9-10-11-12-13-14-15-16-17-18-19-20-21-22-26-41-68-43-44-69-56-55(73-74(71-42-27-39-60)63(46(2)3)47(4)5)53(72-57(56)62-40-38-54(64)61-58(62)65)45-70-59(48-28-24-23-25-29-48,49-30-34-51(66-6)35-31-49)50-32-36-52(67-7)37-33-50/h23-25,28-38,40,46-47,53,55-57H,8-22,26-27,41-45H2,1-7H3,(H,61,64,65)/t53-,55?,56?,57-,74?/m1/s1. The number of rotatable bonds is 38. The first-order valence-corrected chi connectivity index (χ1v) is 28.6. The Hall–Kier alpha value is -4.42. The second-order valence-electron chi connectivity index (χ2n) is 19.8. The lowest BCUT2D eigenvalue weighted by Gasteiger charge is -2.39. The fourth-order valence-electron chi connectivity index (χ4n) is 9.78. The monoisotopic (exact) mass is 1040 g/mol. The molecule has 4 aromatic rings. The van der Waals surface area contributed by atoms with Crippen molar-refractivity contribution in [3.63, 3.8) is 0 Å². The number of benzene rings is 3. The Morgan fingerprint density at radius 3 is 1.70 bits per heavy atom. The van der Waals surface area contributed by atoms with Gasteiger partial charge >= 0.3 is 5.69 Å². The molecule has 408 valence electrons. The second kappa shape index (κ2) is 33.6. The van der Waals surface area contributed by atoms with Gasteiger partial charge in [-0.2, -0.15) is 5.26 Å². The highest BCUT2D eigenvalue weighted by Crippen LogP contribution is 2.51. The maximum absolute atomic E-state index is 13.7. The van der Waals surface area contributed by atoms with Crippen molar-refractivity contribution >= 4 is 8.53 Å². The first-order chi connectivity index (χ1) is 36.1. The topological polar surface area (TPSA) is 156 Å². The summed E-state index contributed by atoms with van der Waals surface area (Å²) in [5.74, 6) is 1.37. The molecule has 0 amide bonds. The third kappa shape index (κ3) is 18.4. The van der Waals surface area contributed by atoms with Crippen LogP contribution in [-0.2, 0) is 33.6 Å². The molecule has 1 aliphatic heterocycles. The zero-order valence-electron chi connectivity index (χ0n) is 45.6. The summed E-state index contributed by atoms with van der Waals surface area (Å²) < 4.78 is 55.6. The molecule has 14 nitrogen and oxygen atoms in total. The molecule has 3 unspecified atom stereocenters. The Bertz CT molecular complexity index is 2230. The van der Waals surface area contributed by atoms with E-state index < -0.39 is 49.9 Å². The van der Waals surface area contributed by atoms with E-state index in [1.54, 1.807) is 14.2 Å². The van der Waals surface area contributed by atoms with Gasteiger partial charge in [0.25, 0.3) is 14.1 Å². The molecule has 0 radical (unpaired) electrons. The summed E-state index contributed by atoms with van der Waals surface area (Å²) in [7, 11) is 1.42. The van der Waals surface area contributed by atoms with Gasteiger partial charge in [-0.15, -0.1) is 0 Å². The number of aromatic amines is 1. The number of unbranched alkanes of at least 4 members (excludes halogenated alkanes) is 15. The lowest BCUT2D eigenvalue weighted by molar-refractivity contribution is -0.0997. The van der Waals surface area contributed by atoms with Crippen molar-refractivity contribution in [1.29, 1.82) is 5.26 Å². The number of methoxy groups -OCH3 is 2. The zero-order valence-corrected chi connectivity index (χ0v) is 46.4. The summed E-state index contributed by atoms with van der Waals surface area (Å²) in [6, 6.07) is 29.0. The van der Waals surface area contributed by atoms with Gasteiger partial charge in [-0.05, 0) is 75.1 Å². The van der Waals surface area contributed by atoms with Crippen LogP contribution in [0.1, 0.15) is 167 Å². The molecular weight excluding hydrogens is 956 g/mol. The van der Waals surface area contributed by atoms with E-state index in [2.05, 4.69) is 50.3 Å². The predicted octanol–water partition coefficient (Wildman–Crippen LogP) is 12.8. The van der Waals surface area contributed by atoms with Crippen molar-refractivity contribution in [2.24, 2.45) is 0 Å². The number of ether oxygens (including phenoxy) is 6. The van der Waals surface area contributed by atoms with E-state index in [0.717, 1.165) is 29.5 Å². The minimum atomic E-state index is -1.84. The quantitative estimate of drug-likeness (QED) is 0.0258. The predicted molar refractivity (Wildman–Crippen MR) is 294 cm³/mol. The van der Waals surface area contributed by atoms with Crippen molar-refractivity contribution in [2.75, 3.05) is 47.3 Å². The average Bonchev–Trinajstić information content (AvgIpc) is 3.74. The Balaban J connectivity index is 1.37. The third-order valence-electron chi connectivity index (χ3n) is 13.6. The number of nitrogens with one attached hydrogen (secondary N) is 1. The Morgan fingerprint density at radius 1 is 0.676 bits per heavy atom. The van der Waals surface area contributed by atoms with E-state index in [-0.39, 0.29) is 38.3 Å². The van der Waals surface area contributed by atoms with Crippen molar-refractivity contribution in [2.45, 2.75) is 186 Å². The smallest absolute Gasteiger partial charge is 0.330 e. The molecular formula is C59H87N4O10P. The second-order valence-corrected chi connectivity index (χ2v) is 21.2. The van der Waals surface area contributed by atoms with Crippen molar-refractivity contribution in [3.8, 4) is 17.6 Å². The third-order valence-corrected chi connectivity index (χ3v) is 15.7. The highest BCUT2D eigenvalue weighted by Gasteiger charge is 2.51. The molecule has 15 heteroatoms. The average molecular weight is 1040 g/mol. The molecule has 1 N–H and O–H groups in total. The normalized spacial score (nSPS) is 17.3. The SMILES string of the molecule is CCCCCCCCCCCCCCCCCCOCCOC1C(OP(OCCC#N)N(C(C)C)C(C)C)[C@@H](COC(c2ccccc2)(c2ccc(OC)cc2)c2ccc(OC)cc2)O[C@H]1n1ccc(=O)[nH]c1=O. The molecule has 1 aromatic heterocycles. The highest BCUT2D eigenvalue weighted by atomic mass is 31.2. The summed E-state index contributed by atoms with van der Waals surface area (Å²) in [5, 5.41) is 9.57. The maximum Gasteiger partial charge on any atom is 0.330 e. The van der Waals surface area contributed by atoms with Crippen LogP contribution >= 0.6 is 8.53 Å². The fourth-order valence-corrected chi connectivity index (χ4v) is 11.5. The molecule has 5 atom stereocenters. The molecule has 1 aliphatic rings. The lowest BCUT2D eigenvalue weighted by atomic mass is 9.80. The molecule has 1 saturated heterocycles. The van der Waals surface area contributed by atoms with E-state index in [9.17, 15) is 14.9 Å². The maximum atomic E-state index is 13.7. The van der Waals surface area contributed by atoms with Gasteiger partial charge in [-0.25, -0.2) is 9.46 Å². The number of nitrogens with zero attached hydrogens (tertiary/aromatic N) is 3. The molecule has 0 bridgehead atoms. The molecule has 3 aromatic carbocycles. The number of aromatic nitrogens is 2.